The number of aliphatic hydroxyl groups is 2. The quantitative estimate of drug-likeness (QED) is 0.601. The van der Waals surface area contributed by atoms with E-state index in [1.165, 1.54) is 11.3 Å². The Kier molecular flexibility index (Phi) is 7.64. The van der Waals surface area contributed by atoms with Crippen LogP contribution in [-0.2, 0) is 4.74 Å². The molecule has 1 heterocycles. The number of methoxy groups -OCH3 is 1. The Labute approximate surface area is 158 Å². The molecule has 0 amide bonds. The standard InChI is InChI=1S/C21H26O4S/c1-14-10-17(11-15(2)21(14)24)18(22)7-4-6-16(13-25-3)12-19(23)20-8-5-9-26-20/h4-5,8-11,18-19,22-24H,7,12-13H2,1-3H3/t6?,18-,19-/m1/s1. The van der Waals surface area contributed by atoms with E-state index < -0.39 is 12.2 Å². The summed E-state index contributed by atoms with van der Waals surface area (Å²) in [6.45, 7) is 4.01. The average molecular weight is 375 g/mol. The highest BCUT2D eigenvalue weighted by atomic mass is 32.1. The van der Waals surface area contributed by atoms with E-state index in [1.807, 2.05) is 31.4 Å². The third-order valence-corrected chi connectivity index (χ3v) is 5.15. The normalized spacial score (nSPS) is 13.1. The molecule has 2 rings (SSSR count). The summed E-state index contributed by atoms with van der Waals surface area (Å²) in [5.41, 5.74) is 6.26. The molecule has 2 aromatic rings. The van der Waals surface area contributed by atoms with Gasteiger partial charge in [-0.3, -0.25) is 0 Å². The summed E-state index contributed by atoms with van der Waals surface area (Å²) in [5, 5.41) is 32.5. The van der Waals surface area contributed by atoms with Crippen LogP contribution >= 0.6 is 11.3 Å². The molecule has 0 saturated carbocycles. The largest absolute Gasteiger partial charge is 0.507 e. The zero-order valence-corrected chi connectivity index (χ0v) is 16.2. The van der Waals surface area contributed by atoms with Gasteiger partial charge in [0.05, 0.1) is 18.8 Å². The molecule has 0 bridgehead atoms. The number of phenols is 1. The molecule has 0 saturated heterocycles. The van der Waals surface area contributed by atoms with Gasteiger partial charge in [0.15, 0.2) is 0 Å². The van der Waals surface area contributed by atoms with Crippen molar-refractivity contribution in [1.29, 1.82) is 0 Å². The first-order chi connectivity index (χ1) is 12.4. The summed E-state index contributed by atoms with van der Waals surface area (Å²) in [6.07, 6.45) is 1.36. The molecule has 0 radical (unpaired) electrons. The van der Waals surface area contributed by atoms with Crippen LogP contribution in [-0.4, -0.2) is 29.0 Å². The third-order valence-electron chi connectivity index (χ3n) is 4.18. The van der Waals surface area contributed by atoms with Crippen molar-refractivity contribution in [3.8, 4) is 5.75 Å². The van der Waals surface area contributed by atoms with Crippen molar-refractivity contribution < 1.29 is 20.1 Å². The van der Waals surface area contributed by atoms with Gasteiger partial charge < -0.3 is 20.1 Å². The van der Waals surface area contributed by atoms with Gasteiger partial charge in [0.25, 0.3) is 0 Å². The van der Waals surface area contributed by atoms with E-state index in [0.717, 1.165) is 27.1 Å². The zero-order valence-electron chi connectivity index (χ0n) is 15.4. The topological polar surface area (TPSA) is 69.9 Å². The summed E-state index contributed by atoms with van der Waals surface area (Å²) >= 11 is 1.52. The summed E-state index contributed by atoms with van der Waals surface area (Å²) in [4.78, 5) is 0.912. The van der Waals surface area contributed by atoms with E-state index in [2.05, 4.69) is 5.73 Å². The molecule has 26 heavy (non-hydrogen) atoms. The highest BCUT2D eigenvalue weighted by Crippen LogP contribution is 2.28. The minimum Gasteiger partial charge on any atom is -0.507 e. The van der Waals surface area contributed by atoms with Crippen LogP contribution in [0.15, 0.2) is 47.0 Å². The molecule has 1 aromatic heterocycles. The minimum absolute atomic E-state index is 0.265. The molecule has 2 atom stereocenters. The Hall–Kier alpha value is -1.88. The van der Waals surface area contributed by atoms with Crippen molar-refractivity contribution in [3.63, 3.8) is 0 Å². The summed E-state index contributed by atoms with van der Waals surface area (Å²) in [7, 11) is 1.61. The van der Waals surface area contributed by atoms with Crippen LogP contribution in [0.25, 0.3) is 0 Å². The van der Waals surface area contributed by atoms with Crippen molar-refractivity contribution in [2.45, 2.75) is 38.9 Å². The maximum atomic E-state index is 10.4. The van der Waals surface area contributed by atoms with Gasteiger partial charge in [-0.1, -0.05) is 6.07 Å². The van der Waals surface area contributed by atoms with Gasteiger partial charge in [0.1, 0.15) is 5.75 Å². The lowest BCUT2D eigenvalue weighted by molar-refractivity contribution is 0.167. The molecule has 0 aliphatic rings. The monoisotopic (exact) mass is 374 g/mol. The SMILES string of the molecule is COCC(=C=CC[C@@H](O)c1cc(C)c(O)c(C)c1)C[C@@H](O)c1cccs1. The summed E-state index contributed by atoms with van der Waals surface area (Å²) < 4.78 is 5.19. The Morgan fingerprint density at radius 1 is 1.23 bits per heavy atom. The molecular weight excluding hydrogens is 348 g/mol. The van der Waals surface area contributed by atoms with Gasteiger partial charge in [-0.2, -0.15) is 0 Å². The second-order valence-corrected chi connectivity index (χ2v) is 7.35. The lowest BCUT2D eigenvalue weighted by atomic mass is 10.00. The van der Waals surface area contributed by atoms with Crippen molar-refractivity contribution in [1.82, 2.24) is 0 Å². The van der Waals surface area contributed by atoms with Crippen molar-refractivity contribution in [2.75, 3.05) is 13.7 Å². The molecule has 0 fully saturated rings. The maximum absolute atomic E-state index is 10.4. The van der Waals surface area contributed by atoms with E-state index in [4.69, 9.17) is 4.74 Å². The smallest absolute Gasteiger partial charge is 0.121 e. The third kappa shape index (κ3) is 5.56. The van der Waals surface area contributed by atoms with E-state index in [0.29, 0.717) is 19.4 Å². The number of benzene rings is 1. The zero-order chi connectivity index (χ0) is 19.1. The second-order valence-electron chi connectivity index (χ2n) is 6.38. The fourth-order valence-corrected chi connectivity index (χ4v) is 3.49. The highest BCUT2D eigenvalue weighted by Gasteiger charge is 2.12. The van der Waals surface area contributed by atoms with Gasteiger partial charge in [-0.05, 0) is 65.8 Å². The first-order valence-corrected chi connectivity index (χ1v) is 9.41. The van der Waals surface area contributed by atoms with Gasteiger partial charge in [0.2, 0.25) is 0 Å². The van der Waals surface area contributed by atoms with Crippen molar-refractivity contribution >= 4 is 11.3 Å². The Bertz CT molecular complexity index is 750. The van der Waals surface area contributed by atoms with Crippen LogP contribution in [0.2, 0.25) is 0 Å². The number of hydrogen-bond acceptors (Lipinski definition) is 5. The number of hydrogen-bond donors (Lipinski definition) is 3. The summed E-state index contributed by atoms with van der Waals surface area (Å²) in [5.74, 6) is 0.265. The van der Waals surface area contributed by atoms with E-state index in [1.54, 1.807) is 25.3 Å². The summed E-state index contributed by atoms with van der Waals surface area (Å²) in [6, 6.07) is 7.40. The Balaban J connectivity index is 2.08. The molecule has 140 valence electrons. The van der Waals surface area contributed by atoms with Gasteiger partial charge in [-0.15, -0.1) is 17.1 Å². The lowest BCUT2D eigenvalue weighted by Gasteiger charge is -2.12. The van der Waals surface area contributed by atoms with Crippen molar-refractivity contribution in [2.24, 2.45) is 0 Å². The molecule has 0 spiro atoms. The molecule has 5 heteroatoms. The van der Waals surface area contributed by atoms with Gasteiger partial charge in [0, 0.05) is 24.8 Å². The molecule has 0 aliphatic heterocycles. The fraction of sp³-hybridized carbons (Fsp3) is 0.381. The van der Waals surface area contributed by atoms with Crippen LogP contribution in [0.3, 0.4) is 0 Å². The van der Waals surface area contributed by atoms with E-state index in [9.17, 15) is 15.3 Å². The Morgan fingerprint density at radius 3 is 2.50 bits per heavy atom. The molecule has 4 nitrogen and oxygen atoms in total. The molecule has 0 unspecified atom stereocenters. The molecule has 1 aromatic carbocycles. The Morgan fingerprint density at radius 2 is 1.92 bits per heavy atom. The fourth-order valence-electron chi connectivity index (χ4n) is 2.78. The number of rotatable bonds is 8. The first-order valence-electron chi connectivity index (χ1n) is 8.53. The number of ether oxygens (including phenoxy) is 1. The number of aliphatic hydroxyl groups excluding tert-OH is 2. The first kappa shape index (κ1) is 20.4. The van der Waals surface area contributed by atoms with Crippen LogP contribution < -0.4 is 0 Å². The minimum atomic E-state index is -0.675. The van der Waals surface area contributed by atoms with Crippen molar-refractivity contribution in [3.05, 3.63) is 68.6 Å². The van der Waals surface area contributed by atoms with Crippen LogP contribution in [0.5, 0.6) is 5.75 Å². The molecule has 0 aliphatic carbocycles. The van der Waals surface area contributed by atoms with E-state index >= 15 is 0 Å². The highest BCUT2D eigenvalue weighted by molar-refractivity contribution is 7.10. The average Bonchev–Trinajstić information content (AvgIpc) is 3.14. The molecule has 3 N–H and O–H groups in total. The number of phenolic OH excluding ortho intramolecular Hbond substituents is 1. The predicted octanol–water partition coefficient (Wildman–Crippen LogP) is 4.35. The molecular formula is C21H26O4S. The maximum Gasteiger partial charge on any atom is 0.121 e. The van der Waals surface area contributed by atoms with Gasteiger partial charge in [-0.25, -0.2) is 0 Å². The predicted molar refractivity (Wildman–Crippen MR) is 105 cm³/mol. The number of thiophene rings is 1. The lowest BCUT2D eigenvalue weighted by Crippen LogP contribution is -2.01. The van der Waals surface area contributed by atoms with Crippen LogP contribution in [0, 0.1) is 13.8 Å². The number of aryl methyl sites for hydroxylation is 2. The van der Waals surface area contributed by atoms with Gasteiger partial charge >= 0.3 is 0 Å². The number of aromatic hydroxyl groups is 1. The van der Waals surface area contributed by atoms with Crippen LogP contribution in [0.4, 0.5) is 0 Å². The van der Waals surface area contributed by atoms with E-state index in [-0.39, 0.29) is 5.75 Å². The second kappa shape index (κ2) is 9.72. The van der Waals surface area contributed by atoms with Crippen LogP contribution in [0.1, 0.15) is 46.6 Å².